The smallest absolute Gasteiger partial charge is 0.318 e. The summed E-state index contributed by atoms with van der Waals surface area (Å²) in [6.07, 6.45) is -4.66. The summed E-state index contributed by atoms with van der Waals surface area (Å²) in [6.45, 7) is 0. The summed E-state index contributed by atoms with van der Waals surface area (Å²) in [4.78, 5) is 28.0. The minimum atomic E-state index is -4.66. The number of halogens is 3. The minimum Gasteiger partial charge on any atom is -0.318 e. The van der Waals surface area contributed by atoms with Crippen LogP contribution in [0.4, 0.5) is 13.2 Å². The Hall–Kier alpha value is -1.83. The van der Waals surface area contributed by atoms with Gasteiger partial charge in [-0.05, 0) is 12.1 Å². The van der Waals surface area contributed by atoms with E-state index in [1.165, 1.54) is 0 Å². The van der Waals surface area contributed by atoms with Crippen molar-refractivity contribution in [2.45, 2.75) is 6.18 Å². The lowest BCUT2D eigenvalue weighted by Gasteiger charge is -2.06. The molecule has 0 aliphatic rings. The molecule has 16 heavy (non-hydrogen) atoms. The molecule has 1 aromatic heterocycles. The molecule has 1 aromatic rings. The molecule has 0 aliphatic heterocycles. The summed E-state index contributed by atoms with van der Waals surface area (Å²) in [5.41, 5.74) is -0.994. The van der Waals surface area contributed by atoms with E-state index < -0.39 is 28.9 Å². The third kappa shape index (κ3) is 2.60. The van der Waals surface area contributed by atoms with Crippen molar-refractivity contribution >= 4 is 5.91 Å². The van der Waals surface area contributed by atoms with Gasteiger partial charge < -0.3 is 4.98 Å². The predicted molar refractivity (Wildman–Crippen MR) is 46.5 cm³/mol. The molecule has 0 radical (unpaired) electrons. The molecule has 5 nitrogen and oxygen atoms in total. The Balaban J connectivity index is 3.11. The molecule has 8 heteroatoms. The molecule has 2 N–H and O–H groups in total. The zero-order chi connectivity index (χ0) is 12.3. The van der Waals surface area contributed by atoms with Crippen LogP contribution in [0.25, 0.3) is 0 Å². The lowest BCUT2D eigenvalue weighted by Crippen LogP contribution is -2.30. The van der Waals surface area contributed by atoms with Crippen LogP contribution in [-0.4, -0.2) is 18.0 Å². The molecule has 88 valence electrons. The maximum absolute atomic E-state index is 12.2. The summed E-state index contributed by atoms with van der Waals surface area (Å²) < 4.78 is 36.5. The SMILES string of the molecule is CONC(=O)c1ccc(C(F)(F)F)[nH]c1=O. The van der Waals surface area contributed by atoms with E-state index in [1.54, 1.807) is 4.98 Å². The Morgan fingerprint density at radius 1 is 1.44 bits per heavy atom. The largest absolute Gasteiger partial charge is 0.431 e. The fourth-order valence-corrected chi connectivity index (χ4v) is 0.966. The van der Waals surface area contributed by atoms with Crippen molar-refractivity contribution in [1.29, 1.82) is 0 Å². The maximum atomic E-state index is 12.2. The van der Waals surface area contributed by atoms with Crippen molar-refractivity contribution < 1.29 is 22.8 Å². The number of amides is 1. The first kappa shape index (κ1) is 12.2. The quantitative estimate of drug-likeness (QED) is 0.742. The first-order chi connectivity index (χ1) is 7.36. The number of carbonyl (C=O) groups is 1. The number of pyridine rings is 1. The molecule has 0 atom stereocenters. The fraction of sp³-hybridized carbons (Fsp3) is 0.250. The van der Waals surface area contributed by atoms with Crippen molar-refractivity contribution in [3.05, 3.63) is 33.7 Å². The van der Waals surface area contributed by atoms with Gasteiger partial charge in [-0.15, -0.1) is 0 Å². The van der Waals surface area contributed by atoms with Crippen LogP contribution in [0.5, 0.6) is 0 Å². The molecule has 1 heterocycles. The second kappa shape index (κ2) is 4.35. The zero-order valence-electron chi connectivity index (χ0n) is 8.01. The number of carbonyl (C=O) groups excluding carboxylic acids is 1. The molecular weight excluding hydrogens is 229 g/mol. The van der Waals surface area contributed by atoms with Gasteiger partial charge in [0.15, 0.2) is 0 Å². The van der Waals surface area contributed by atoms with E-state index in [4.69, 9.17) is 0 Å². The van der Waals surface area contributed by atoms with E-state index in [9.17, 15) is 22.8 Å². The first-order valence-corrected chi connectivity index (χ1v) is 4.00. The second-order valence-corrected chi connectivity index (χ2v) is 2.75. The molecule has 0 bridgehead atoms. The first-order valence-electron chi connectivity index (χ1n) is 4.00. The van der Waals surface area contributed by atoms with Crippen molar-refractivity contribution in [3.8, 4) is 0 Å². The predicted octanol–water partition coefficient (Wildman–Crippen LogP) is 0.685. The van der Waals surface area contributed by atoms with Gasteiger partial charge >= 0.3 is 6.18 Å². The number of rotatable bonds is 2. The second-order valence-electron chi connectivity index (χ2n) is 2.75. The van der Waals surface area contributed by atoms with Gasteiger partial charge in [-0.2, -0.15) is 13.2 Å². The van der Waals surface area contributed by atoms with Crippen LogP contribution in [0.1, 0.15) is 16.1 Å². The summed E-state index contributed by atoms with van der Waals surface area (Å²) in [5.74, 6) is -0.919. The Labute approximate surface area is 87.2 Å². The van der Waals surface area contributed by atoms with Crippen LogP contribution >= 0.6 is 0 Å². The van der Waals surface area contributed by atoms with Crippen LogP contribution in [0.3, 0.4) is 0 Å². The number of hydrogen-bond acceptors (Lipinski definition) is 3. The normalized spacial score (nSPS) is 11.2. The molecule has 0 aliphatic carbocycles. The summed E-state index contributed by atoms with van der Waals surface area (Å²) in [6, 6.07) is 1.38. The van der Waals surface area contributed by atoms with Crippen molar-refractivity contribution in [2.75, 3.05) is 7.11 Å². The molecule has 0 saturated carbocycles. The van der Waals surface area contributed by atoms with Gasteiger partial charge in [-0.25, -0.2) is 5.48 Å². The van der Waals surface area contributed by atoms with Gasteiger partial charge in [0.05, 0.1) is 7.11 Å². The summed E-state index contributed by atoms with van der Waals surface area (Å²) in [7, 11) is 1.14. The number of aromatic amines is 1. The minimum absolute atomic E-state index is 0.463. The molecule has 0 fully saturated rings. The Morgan fingerprint density at radius 2 is 2.06 bits per heavy atom. The van der Waals surface area contributed by atoms with Gasteiger partial charge in [0.1, 0.15) is 11.3 Å². The molecule has 0 saturated heterocycles. The number of aromatic nitrogens is 1. The van der Waals surface area contributed by atoms with Crippen molar-refractivity contribution in [2.24, 2.45) is 0 Å². The van der Waals surface area contributed by atoms with Gasteiger partial charge in [-0.3, -0.25) is 14.4 Å². The van der Waals surface area contributed by atoms with Crippen LogP contribution in [0.15, 0.2) is 16.9 Å². The van der Waals surface area contributed by atoms with Gasteiger partial charge in [-0.1, -0.05) is 0 Å². The topological polar surface area (TPSA) is 71.2 Å². The zero-order valence-corrected chi connectivity index (χ0v) is 8.01. The Kier molecular flexibility index (Phi) is 3.33. The highest BCUT2D eigenvalue weighted by Gasteiger charge is 2.32. The highest BCUT2D eigenvalue weighted by atomic mass is 19.4. The van der Waals surface area contributed by atoms with Gasteiger partial charge in [0, 0.05) is 0 Å². The van der Waals surface area contributed by atoms with Crippen LogP contribution in [-0.2, 0) is 11.0 Å². The molecule has 1 amide bonds. The maximum Gasteiger partial charge on any atom is 0.431 e. The highest BCUT2D eigenvalue weighted by Crippen LogP contribution is 2.26. The number of hydroxylamine groups is 1. The fourth-order valence-electron chi connectivity index (χ4n) is 0.966. The molecular formula is C8H7F3N2O3. The average Bonchev–Trinajstić information content (AvgIpc) is 2.16. The van der Waals surface area contributed by atoms with E-state index in [1.807, 2.05) is 5.48 Å². The van der Waals surface area contributed by atoms with Crippen LogP contribution in [0.2, 0.25) is 0 Å². The number of nitrogens with one attached hydrogen (secondary N) is 2. The van der Waals surface area contributed by atoms with E-state index in [2.05, 4.69) is 4.84 Å². The van der Waals surface area contributed by atoms with E-state index in [0.717, 1.165) is 13.2 Å². The monoisotopic (exact) mass is 236 g/mol. The van der Waals surface area contributed by atoms with Crippen molar-refractivity contribution in [3.63, 3.8) is 0 Å². The number of H-pyrrole nitrogens is 1. The van der Waals surface area contributed by atoms with Crippen LogP contribution in [0, 0.1) is 0 Å². The molecule has 0 unspecified atom stereocenters. The molecule has 1 rings (SSSR count). The average molecular weight is 236 g/mol. The highest BCUT2D eigenvalue weighted by molar-refractivity contribution is 5.92. The third-order valence-electron chi connectivity index (χ3n) is 1.65. The summed E-state index contributed by atoms with van der Waals surface area (Å²) in [5, 5.41) is 0. The molecule has 0 aromatic carbocycles. The standard InChI is InChI=1S/C8H7F3N2O3/c1-16-13-7(15)4-2-3-5(8(9,10)11)12-6(4)14/h2-3H,1H3,(H,12,14)(H,13,15). The van der Waals surface area contributed by atoms with Crippen molar-refractivity contribution in [1.82, 2.24) is 10.5 Å². The lowest BCUT2D eigenvalue weighted by molar-refractivity contribution is -0.141. The van der Waals surface area contributed by atoms with E-state index >= 15 is 0 Å². The van der Waals surface area contributed by atoms with Crippen LogP contribution < -0.4 is 11.0 Å². The molecule has 0 spiro atoms. The van der Waals surface area contributed by atoms with Gasteiger partial charge in [0.25, 0.3) is 11.5 Å². The Morgan fingerprint density at radius 3 is 2.50 bits per heavy atom. The third-order valence-corrected chi connectivity index (χ3v) is 1.65. The van der Waals surface area contributed by atoms with E-state index in [0.29, 0.717) is 6.07 Å². The van der Waals surface area contributed by atoms with Gasteiger partial charge in [0.2, 0.25) is 0 Å². The number of hydrogen-bond donors (Lipinski definition) is 2. The Bertz CT molecular complexity index is 453. The summed E-state index contributed by atoms with van der Waals surface area (Å²) >= 11 is 0. The van der Waals surface area contributed by atoms with E-state index in [-0.39, 0.29) is 0 Å². The lowest BCUT2D eigenvalue weighted by atomic mass is 10.2. The number of alkyl halides is 3.